The summed E-state index contributed by atoms with van der Waals surface area (Å²) < 4.78 is 2.37. The number of hydrogen-bond acceptors (Lipinski definition) is 6. The van der Waals surface area contributed by atoms with Gasteiger partial charge < -0.3 is 5.11 Å². The lowest BCUT2D eigenvalue weighted by molar-refractivity contribution is 0.282. The van der Waals surface area contributed by atoms with Crippen LogP contribution < -0.4 is 5.56 Å². The Labute approximate surface area is 178 Å². The second-order valence-electron chi connectivity index (χ2n) is 6.28. The third-order valence-electron chi connectivity index (χ3n) is 4.22. The number of benzene rings is 2. The zero-order valence-corrected chi connectivity index (χ0v) is 17.7. The summed E-state index contributed by atoms with van der Waals surface area (Å²) in [6, 6.07) is 14.9. The smallest absolute Gasteiger partial charge is 0.301 e. The number of hydrogen-bond donors (Lipinski definition) is 2. The zero-order valence-electron chi connectivity index (χ0n) is 15.3. The molecule has 4 rings (SSSR count). The highest BCUT2D eigenvalue weighted by atomic mass is 79.9. The van der Waals surface area contributed by atoms with Crippen molar-refractivity contribution in [3.8, 4) is 16.4 Å². The molecule has 2 aromatic carbocycles. The van der Waals surface area contributed by atoms with Gasteiger partial charge in [0.2, 0.25) is 5.13 Å². The van der Waals surface area contributed by atoms with Gasteiger partial charge in [-0.3, -0.25) is 9.89 Å². The number of nitrogens with one attached hydrogen (secondary N) is 1. The molecule has 0 saturated heterocycles. The number of halogens is 1. The molecular weight excluding hydrogens is 454 g/mol. The van der Waals surface area contributed by atoms with Crippen LogP contribution in [0, 0.1) is 6.92 Å². The minimum atomic E-state index is -0.318. The lowest BCUT2D eigenvalue weighted by Gasteiger charge is -1.97. The van der Waals surface area contributed by atoms with Gasteiger partial charge in [0, 0.05) is 15.4 Å². The van der Waals surface area contributed by atoms with Crippen molar-refractivity contribution >= 4 is 38.6 Å². The number of rotatable bonds is 5. The standard InChI is InChI=1S/C20H16BrN5O2S/c1-12-18(24-23-16-4-2-3-13(9-16)10-27)19(28)26(25-12)20-22-17(11-29-20)14-5-7-15(21)8-6-14/h2-9,11,25,27H,10H2,1H3. The topological polar surface area (TPSA) is 95.6 Å². The number of H-pyrrole nitrogens is 1. The van der Waals surface area contributed by atoms with Gasteiger partial charge in [0.05, 0.1) is 23.7 Å². The van der Waals surface area contributed by atoms with Crippen LogP contribution in [0.1, 0.15) is 11.3 Å². The summed E-state index contributed by atoms with van der Waals surface area (Å²) in [4.78, 5) is 17.4. The SMILES string of the molecule is Cc1[nH]n(-c2nc(-c3ccc(Br)cc3)cs2)c(=O)c1N=Nc1cccc(CO)c1. The van der Waals surface area contributed by atoms with E-state index in [1.54, 1.807) is 31.2 Å². The first-order valence-electron chi connectivity index (χ1n) is 8.70. The first-order chi connectivity index (χ1) is 14.0. The molecule has 0 spiro atoms. The number of aliphatic hydroxyl groups excluding tert-OH is 1. The quantitative estimate of drug-likeness (QED) is 0.389. The number of thiazole rings is 1. The second-order valence-corrected chi connectivity index (χ2v) is 8.03. The lowest BCUT2D eigenvalue weighted by atomic mass is 10.2. The van der Waals surface area contributed by atoms with E-state index in [-0.39, 0.29) is 17.9 Å². The highest BCUT2D eigenvalue weighted by Crippen LogP contribution is 2.26. The molecule has 0 bridgehead atoms. The van der Waals surface area contributed by atoms with E-state index in [0.717, 1.165) is 21.3 Å². The maximum absolute atomic E-state index is 12.8. The fourth-order valence-electron chi connectivity index (χ4n) is 2.74. The summed E-state index contributed by atoms with van der Waals surface area (Å²) in [6.07, 6.45) is 0. The summed E-state index contributed by atoms with van der Waals surface area (Å²) in [5.41, 5.74) is 3.55. The Kier molecular flexibility index (Phi) is 5.52. The van der Waals surface area contributed by atoms with E-state index in [2.05, 4.69) is 36.2 Å². The molecule has 0 aliphatic rings. The van der Waals surface area contributed by atoms with E-state index in [9.17, 15) is 9.90 Å². The molecule has 0 fully saturated rings. The molecule has 9 heteroatoms. The molecule has 29 heavy (non-hydrogen) atoms. The van der Waals surface area contributed by atoms with Crippen LogP contribution in [0.15, 0.2) is 73.4 Å². The number of aryl methyl sites for hydroxylation is 1. The molecule has 2 aromatic heterocycles. The van der Waals surface area contributed by atoms with Crippen LogP contribution in [-0.4, -0.2) is 19.9 Å². The molecule has 146 valence electrons. The Morgan fingerprint density at radius 1 is 1.21 bits per heavy atom. The van der Waals surface area contributed by atoms with Gasteiger partial charge in [-0.1, -0.05) is 40.2 Å². The molecule has 7 nitrogen and oxygen atoms in total. The van der Waals surface area contributed by atoms with Crippen molar-refractivity contribution in [2.24, 2.45) is 10.2 Å². The first-order valence-corrected chi connectivity index (χ1v) is 10.4. The predicted molar refractivity (Wildman–Crippen MR) is 116 cm³/mol. The number of aliphatic hydroxyl groups is 1. The summed E-state index contributed by atoms with van der Waals surface area (Å²) in [5.74, 6) is 0. The minimum absolute atomic E-state index is 0.0793. The number of aromatic amines is 1. The van der Waals surface area contributed by atoms with Gasteiger partial charge in [-0.05, 0) is 36.8 Å². The monoisotopic (exact) mass is 469 g/mol. The van der Waals surface area contributed by atoms with E-state index < -0.39 is 0 Å². The fraction of sp³-hybridized carbons (Fsp3) is 0.100. The van der Waals surface area contributed by atoms with Gasteiger partial charge in [0.15, 0.2) is 5.69 Å². The molecule has 0 radical (unpaired) electrons. The van der Waals surface area contributed by atoms with Gasteiger partial charge in [0.25, 0.3) is 0 Å². The van der Waals surface area contributed by atoms with Crippen LogP contribution in [-0.2, 0) is 6.61 Å². The van der Waals surface area contributed by atoms with Crippen LogP contribution in [0.2, 0.25) is 0 Å². The van der Waals surface area contributed by atoms with Crippen molar-refractivity contribution in [1.29, 1.82) is 0 Å². The van der Waals surface area contributed by atoms with E-state index in [0.29, 0.717) is 16.5 Å². The highest BCUT2D eigenvalue weighted by Gasteiger charge is 2.15. The molecule has 0 atom stereocenters. The van der Waals surface area contributed by atoms with Crippen molar-refractivity contribution in [2.75, 3.05) is 0 Å². The second kappa shape index (κ2) is 8.24. The number of nitrogens with zero attached hydrogens (tertiary/aromatic N) is 4. The van der Waals surface area contributed by atoms with Crippen molar-refractivity contribution in [3.63, 3.8) is 0 Å². The molecule has 0 saturated carbocycles. The molecule has 4 aromatic rings. The normalized spacial score (nSPS) is 11.4. The summed E-state index contributed by atoms with van der Waals surface area (Å²) in [5, 5.41) is 22.9. The molecule has 2 heterocycles. The third-order valence-corrected chi connectivity index (χ3v) is 5.58. The van der Waals surface area contributed by atoms with Crippen LogP contribution in [0.3, 0.4) is 0 Å². The van der Waals surface area contributed by atoms with Gasteiger partial charge in [-0.25, -0.2) is 4.98 Å². The lowest BCUT2D eigenvalue weighted by Crippen LogP contribution is -2.13. The van der Waals surface area contributed by atoms with E-state index in [1.165, 1.54) is 16.0 Å². The molecular formula is C20H16BrN5O2S. The van der Waals surface area contributed by atoms with E-state index >= 15 is 0 Å². The average Bonchev–Trinajstić information content (AvgIpc) is 3.32. The van der Waals surface area contributed by atoms with E-state index in [4.69, 9.17) is 0 Å². The largest absolute Gasteiger partial charge is 0.392 e. The van der Waals surface area contributed by atoms with Crippen LogP contribution in [0.4, 0.5) is 11.4 Å². The zero-order chi connectivity index (χ0) is 20.4. The maximum Gasteiger partial charge on any atom is 0.301 e. The maximum atomic E-state index is 12.8. The molecule has 0 aliphatic carbocycles. The van der Waals surface area contributed by atoms with Crippen molar-refractivity contribution in [3.05, 3.63) is 80.0 Å². The fourth-order valence-corrected chi connectivity index (χ4v) is 3.79. The molecule has 0 aliphatic heterocycles. The Balaban J connectivity index is 1.64. The molecule has 2 N–H and O–H groups in total. The van der Waals surface area contributed by atoms with Crippen molar-refractivity contribution < 1.29 is 5.11 Å². The third kappa shape index (κ3) is 4.12. The van der Waals surface area contributed by atoms with Gasteiger partial charge >= 0.3 is 5.56 Å². The Morgan fingerprint density at radius 2 is 2.00 bits per heavy atom. The first kappa shape index (κ1) is 19.4. The summed E-state index contributed by atoms with van der Waals surface area (Å²) in [7, 11) is 0. The number of azo groups is 1. The Morgan fingerprint density at radius 3 is 2.76 bits per heavy atom. The van der Waals surface area contributed by atoms with Crippen LogP contribution >= 0.6 is 27.3 Å². The van der Waals surface area contributed by atoms with Crippen LogP contribution in [0.25, 0.3) is 16.4 Å². The predicted octanol–water partition coefficient (Wildman–Crippen LogP) is 5.27. The Hall–Kier alpha value is -2.88. The van der Waals surface area contributed by atoms with E-state index in [1.807, 2.05) is 29.6 Å². The summed E-state index contributed by atoms with van der Waals surface area (Å²) >= 11 is 4.79. The van der Waals surface area contributed by atoms with Crippen molar-refractivity contribution in [2.45, 2.75) is 13.5 Å². The average molecular weight is 470 g/mol. The van der Waals surface area contributed by atoms with Crippen molar-refractivity contribution in [1.82, 2.24) is 14.8 Å². The Bertz CT molecular complexity index is 1240. The highest BCUT2D eigenvalue weighted by molar-refractivity contribution is 9.10. The minimum Gasteiger partial charge on any atom is -0.392 e. The number of aromatic nitrogens is 3. The van der Waals surface area contributed by atoms with Gasteiger partial charge in [0.1, 0.15) is 0 Å². The molecule has 0 amide bonds. The van der Waals surface area contributed by atoms with Gasteiger partial charge in [-0.15, -0.1) is 16.5 Å². The summed E-state index contributed by atoms with van der Waals surface area (Å²) in [6.45, 7) is 1.68. The van der Waals surface area contributed by atoms with Gasteiger partial charge in [-0.2, -0.15) is 9.80 Å². The van der Waals surface area contributed by atoms with Crippen LogP contribution in [0.5, 0.6) is 0 Å². The molecule has 0 unspecified atom stereocenters.